The van der Waals surface area contributed by atoms with Gasteiger partial charge in [-0.05, 0) is 158 Å². The number of methoxy groups -OCH3 is 1. The van der Waals surface area contributed by atoms with Gasteiger partial charge in [0.05, 0.1) is 18.3 Å². The van der Waals surface area contributed by atoms with Gasteiger partial charge < -0.3 is 40.9 Å². The minimum atomic E-state index is -1.19. The Morgan fingerprint density at radius 3 is 2.51 bits per heavy atom. The largest absolute Gasteiger partial charge is 0.396 e. The van der Waals surface area contributed by atoms with Crippen molar-refractivity contribution in [3.8, 4) is 0 Å². The quantitative estimate of drug-likeness (QED) is 0.0446. The highest BCUT2D eigenvalue weighted by Gasteiger charge is 2.65. The van der Waals surface area contributed by atoms with E-state index in [-0.39, 0.29) is 30.6 Å². The molecular formula is C47H73N3O7. The monoisotopic (exact) mass is 792 g/mol. The molecular weight excluding hydrogens is 719 g/mol. The SMILES string of the molecule is C=C(C=CC=C(CO)[C@H]1CC[C@]2([C@@H]1O)[C@@H](CCCO)C(=C(C)C=O)CC[C@]2(O)CCNC)[C@H]1CC=C(C)[C@@H](O)N[C@@](CCNC)(CCOC)Cc2cccc(c2)C1. The second kappa shape index (κ2) is 22.0. The summed E-state index contributed by atoms with van der Waals surface area (Å²) in [5.74, 6) is -0.620. The number of rotatable bonds is 18. The van der Waals surface area contributed by atoms with Crippen LogP contribution in [-0.2, 0) is 22.4 Å². The molecule has 0 aromatic heterocycles. The van der Waals surface area contributed by atoms with Gasteiger partial charge in [-0.15, -0.1) is 0 Å². The van der Waals surface area contributed by atoms with Crippen LogP contribution in [0, 0.1) is 23.2 Å². The van der Waals surface area contributed by atoms with Crippen molar-refractivity contribution in [1.29, 1.82) is 0 Å². The van der Waals surface area contributed by atoms with Crippen LogP contribution in [0.4, 0.5) is 0 Å². The normalized spacial score (nSPS) is 32.2. The third kappa shape index (κ3) is 11.1. The number of ether oxygens (including phenoxy) is 1. The predicted octanol–water partition coefficient (Wildman–Crippen LogP) is 4.86. The van der Waals surface area contributed by atoms with Crippen molar-refractivity contribution in [2.45, 2.75) is 114 Å². The van der Waals surface area contributed by atoms with Crippen LogP contribution in [0.1, 0.15) is 89.2 Å². The Bertz CT molecular complexity index is 1590. The molecule has 0 radical (unpaired) electrons. The van der Waals surface area contributed by atoms with Gasteiger partial charge in [0.25, 0.3) is 0 Å². The van der Waals surface area contributed by atoms with E-state index in [1.54, 1.807) is 7.11 Å². The molecule has 1 aliphatic heterocycles. The van der Waals surface area contributed by atoms with Crippen LogP contribution in [0.3, 0.4) is 0 Å². The van der Waals surface area contributed by atoms with E-state index in [9.17, 15) is 30.3 Å². The van der Waals surface area contributed by atoms with Crippen LogP contribution in [0.2, 0.25) is 0 Å². The molecule has 10 nitrogen and oxygen atoms in total. The highest BCUT2D eigenvalue weighted by molar-refractivity contribution is 5.74. The summed E-state index contributed by atoms with van der Waals surface area (Å²) in [6.07, 6.45) is 14.4. The highest BCUT2D eigenvalue weighted by Crippen LogP contribution is 2.64. The molecule has 8 N–H and O–H groups in total. The van der Waals surface area contributed by atoms with E-state index >= 15 is 0 Å². The Labute approximate surface area is 342 Å². The summed E-state index contributed by atoms with van der Waals surface area (Å²) < 4.78 is 5.51. The van der Waals surface area contributed by atoms with Crippen LogP contribution in [0.15, 0.2) is 83.0 Å². The molecule has 1 spiro atoms. The minimum Gasteiger partial charge on any atom is -0.396 e. The first kappa shape index (κ1) is 46.9. The fourth-order valence-corrected chi connectivity index (χ4v) is 10.3. The van der Waals surface area contributed by atoms with Crippen molar-refractivity contribution >= 4 is 6.29 Å². The summed E-state index contributed by atoms with van der Waals surface area (Å²) in [6, 6.07) is 8.70. The van der Waals surface area contributed by atoms with Crippen LogP contribution in [-0.4, -0.2) is 109 Å². The summed E-state index contributed by atoms with van der Waals surface area (Å²) in [7, 11) is 5.51. The van der Waals surface area contributed by atoms with Crippen molar-refractivity contribution in [1.82, 2.24) is 16.0 Å². The minimum absolute atomic E-state index is 0.0171. The summed E-state index contributed by atoms with van der Waals surface area (Å²) in [6.45, 7) is 9.96. The topological polar surface area (TPSA) is 164 Å². The molecule has 2 bridgehead atoms. The summed E-state index contributed by atoms with van der Waals surface area (Å²) in [5.41, 5.74) is 3.98. The molecule has 10 heteroatoms. The van der Waals surface area contributed by atoms with Crippen LogP contribution in [0.25, 0.3) is 0 Å². The van der Waals surface area contributed by atoms with Crippen LogP contribution >= 0.6 is 0 Å². The van der Waals surface area contributed by atoms with Gasteiger partial charge in [0.2, 0.25) is 0 Å². The molecule has 1 aromatic carbocycles. The number of carbonyl (C=O) groups is 1. The zero-order valence-electron chi connectivity index (χ0n) is 35.4. The Morgan fingerprint density at radius 2 is 1.82 bits per heavy atom. The molecule has 2 fully saturated rings. The molecule has 57 heavy (non-hydrogen) atoms. The first-order valence-electron chi connectivity index (χ1n) is 21.2. The number of aliphatic hydroxyl groups is 5. The Morgan fingerprint density at radius 1 is 1.09 bits per heavy atom. The summed E-state index contributed by atoms with van der Waals surface area (Å²) >= 11 is 0. The lowest BCUT2D eigenvalue weighted by molar-refractivity contribution is -0.180. The number of allylic oxidation sites excluding steroid dienone is 7. The molecule has 318 valence electrons. The third-order valence-corrected chi connectivity index (χ3v) is 13.7. The molecule has 2 saturated carbocycles. The molecule has 1 aromatic rings. The zero-order chi connectivity index (χ0) is 41.6. The van der Waals surface area contributed by atoms with Gasteiger partial charge in [0, 0.05) is 37.2 Å². The number of fused-ring (bicyclic) bond motifs is 2. The van der Waals surface area contributed by atoms with E-state index in [1.807, 2.05) is 46.2 Å². The number of benzene rings is 1. The van der Waals surface area contributed by atoms with E-state index in [0.29, 0.717) is 75.7 Å². The van der Waals surface area contributed by atoms with Crippen molar-refractivity contribution in [2.24, 2.45) is 23.2 Å². The second-order valence-corrected chi connectivity index (χ2v) is 17.1. The average molecular weight is 792 g/mol. The second-order valence-electron chi connectivity index (χ2n) is 17.1. The molecule has 0 unspecified atom stereocenters. The Kier molecular flexibility index (Phi) is 18.1. The molecule has 0 amide bonds. The highest BCUT2D eigenvalue weighted by atomic mass is 16.5. The standard InChI is InChI=1S/C47H73N3O7/c1-33(38-16-15-34(2)44(55)50-45(21-24-48-4,23-27-57-6)30-37-12-8-11-36(28-37)29-38)10-7-13-39(32-53)41-18-20-47(43(41)54)42(14-9-26-51)40(35(3)31-52)17-19-46(47,56)22-25-49-5/h7-8,10-13,15,28,31,38,41-44,48-51,53-56H,1,9,14,16-27,29-30,32H2,2-6H3/t38-,41+,42-,43+,44+,45-,46-,47+/m0/s1. The lowest BCUT2D eigenvalue weighted by Crippen LogP contribution is -2.61. The van der Waals surface area contributed by atoms with Crippen molar-refractivity contribution in [2.75, 3.05) is 54.1 Å². The fourth-order valence-electron chi connectivity index (χ4n) is 10.3. The third-order valence-electron chi connectivity index (χ3n) is 13.7. The van der Waals surface area contributed by atoms with E-state index in [0.717, 1.165) is 55.2 Å². The first-order chi connectivity index (χ1) is 27.4. The van der Waals surface area contributed by atoms with Crippen LogP contribution < -0.4 is 16.0 Å². The number of hydrogen-bond acceptors (Lipinski definition) is 10. The number of carbonyl (C=O) groups excluding carboxylic acids is 1. The average Bonchev–Trinajstić information content (AvgIpc) is 3.55. The van der Waals surface area contributed by atoms with Crippen molar-refractivity contribution in [3.63, 3.8) is 0 Å². The molecule has 0 saturated heterocycles. The lowest BCUT2D eigenvalue weighted by Gasteiger charge is -2.57. The molecule has 2 aliphatic carbocycles. The molecule has 1 heterocycles. The van der Waals surface area contributed by atoms with Crippen molar-refractivity contribution < 1.29 is 35.1 Å². The number of hydrogen-bond donors (Lipinski definition) is 8. The summed E-state index contributed by atoms with van der Waals surface area (Å²) in [4.78, 5) is 12.1. The van der Waals surface area contributed by atoms with Gasteiger partial charge in [0.15, 0.2) is 0 Å². The molecule has 8 atom stereocenters. The van der Waals surface area contributed by atoms with E-state index < -0.39 is 29.3 Å². The maximum absolute atomic E-state index is 12.5. The van der Waals surface area contributed by atoms with E-state index in [4.69, 9.17) is 4.74 Å². The summed E-state index contributed by atoms with van der Waals surface area (Å²) in [5, 5.41) is 67.1. The van der Waals surface area contributed by atoms with Crippen molar-refractivity contribution in [3.05, 3.63) is 94.1 Å². The number of nitrogens with one attached hydrogen (secondary N) is 3. The first-order valence-corrected chi connectivity index (χ1v) is 21.2. The Balaban J connectivity index is 1.63. The van der Waals surface area contributed by atoms with Gasteiger partial charge >= 0.3 is 0 Å². The zero-order valence-corrected chi connectivity index (χ0v) is 35.4. The van der Waals surface area contributed by atoms with Gasteiger partial charge in [-0.1, -0.05) is 66.3 Å². The maximum atomic E-state index is 12.5. The molecule has 3 aliphatic rings. The lowest BCUT2D eigenvalue weighted by atomic mass is 9.51. The fraction of sp³-hybridized carbons (Fsp3) is 0.638. The number of aldehydes is 1. The maximum Gasteiger partial charge on any atom is 0.145 e. The van der Waals surface area contributed by atoms with Gasteiger partial charge in [-0.3, -0.25) is 10.1 Å². The predicted molar refractivity (Wildman–Crippen MR) is 229 cm³/mol. The molecule has 4 rings (SSSR count). The Hall–Kier alpha value is -2.77. The van der Waals surface area contributed by atoms with Gasteiger partial charge in [0.1, 0.15) is 12.5 Å². The van der Waals surface area contributed by atoms with Gasteiger partial charge in [-0.2, -0.15) is 0 Å². The van der Waals surface area contributed by atoms with E-state index in [2.05, 4.69) is 52.9 Å². The van der Waals surface area contributed by atoms with E-state index in [1.165, 1.54) is 11.1 Å². The smallest absolute Gasteiger partial charge is 0.145 e. The van der Waals surface area contributed by atoms with Crippen LogP contribution in [0.5, 0.6) is 0 Å². The number of aliphatic hydroxyl groups excluding tert-OH is 4. The van der Waals surface area contributed by atoms with Gasteiger partial charge in [-0.25, -0.2) is 0 Å².